The molecule has 0 aliphatic rings. The predicted octanol–water partition coefficient (Wildman–Crippen LogP) is 1.22. The van der Waals surface area contributed by atoms with E-state index in [-0.39, 0.29) is 0 Å². The number of para-hydroxylation sites is 1. The average Bonchev–Trinajstić information content (AvgIpc) is 2.29. The summed E-state index contributed by atoms with van der Waals surface area (Å²) in [5, 5.41) is 5.25. The van der Waals surface area contributed by atoms with Crippen LogP contribution in [-0.2, 0) is 7.05 Å². The molecule has 1 aromatic heterocycles. The second-order valence-corrected chi connectivity index (χ2v) is 3.36. The van der Waals surface area contributed by atoms with Gasteiger partial charge in [-0.15, -0.1) is 0 Å². The summed E-state index contributed by atoms with van der Waals surface area (Å²) in [6.45, 7) is 0. The molecule has 1 aromatic carbocycles. The van der Waals surface area contributed by atoms with Crippen LogP contribution in [0.4, 0.5) is 0 Å². The molecule has 0 aliphatic heterocycles. The number of fused-ring (bicyclic) bond motifs is 1. The van der Waals surface area contributed by atoms with Gasteiger partial charge in [0.05, 0.1) is 0 Å². The van der Waals surface area contributed by atoms with E-state index in [4.69, 9.17) is 0 Å². The SMILES string of the molecule is CNN=Cc1ccc2ccccc2[n+]1C. The maximum Gasteiger partial charge on any atom is 0.225 e. The molecule has 0 saturated carbocycles. The van der Waals surface area contributed by atoms with Crippen LogP contribution in [-0.4, -0.2) is 13.3 Å². The fourth-order valence-electron chi connectivity index (χ4n) is 1.62. The second-order valence-electron chi connectivity index (χ2n) is 3.36. The third kappa shape index (κ3) is 1.81. The van der Waals surface area contributed by atoms with Crippen molar-refractivity contribution in [2.24, 2.45) is 12.1 Å². The molecular weight excluding hydrogens is 186 g/mol. The first-order chi connectivity index (χ1) is 7.33. The minimum Gasteiger partial charge on any atom is -0.313 e. The van der Waals surface area contributed by atoms with Crippen molar-refractivity contribution >= 4 is 17.1 Å². The topological polar surface area (TPSA) is 28.3 Å². The molecule has 0 fully saturated rings. The Morgan fingerprint density at radius 3 is 2.80 bits per heavy atom. The molecule has 0 bridgehead atoms. The second kappa shape index (κ2) is 4.09. The van der Waals surface area contributed by atoms with E-state index >= 15 is 0 Å². The molecule has 76 valence electrons. The highest BCUT2D eigenvalue weighted by Crippen LogP contribution is 2.08. The predicted molar refractivity (Wildman–Crippen MR) is 61.8 cm³/mol. The summed E-state index contributed by atoms with van der Waals surface area (Å²) in [7, 11) is 3.83. The molecule has 2 rings (SSSR count). The third-order valence-corrected chi connectivity index (χ3v) is 2.44. The molecule has 0 aliphatic carbocycles. The fourth-order valence-corrected chi connectivity index (χ4v) is 1.62. The lowest BCUT2D eigenvalue weighted by Crippen LogP contribution is -2.34. The summed E-state index contributed by atoms with van der Waals surface area (Å²) in [6.07, 6.45) is 1.81. The maximum absolute atomic E-state index is 4.01. The number of rotatable bonds is 2. The van der Waals surface area contributed by atoms with Gasteiger partial charge in [0.2, 0.25) is 11.2 Å². The van der Waals surface area contributed by atoms with Crippen molar-refractivity contribution in [3.8, 4) is 0 Å². The zero-order chi connectivity index (χ0) is 10.7. The lowest BCUT2D eigenvalue weighted by Gasteiger charge is -1.98. The minimum atomic E-state index is 1.07. The molecule has 3 nitrogen and oxygen atoms in total. The van der Waals surface area contributed by atoms with E-state index in [1.54, 1.807) is 7.05 Å². The highest BCUT2D eigenvalue weighted by Gasteiger charge is 2.08. The highest BCUT2D eigenvalue weighted by atomic mass is 15.3. The number of hydrogen-bond acceptors (Lipinski definition) is 2. The van der Waals surface area contributed by atoms with Crippen molar-refractivity contribution in [1.29, 1.82) is 0 Å². The summed E-state index contributed by atoms with van der Waals surface area (Å²) >= 11 is 0. The van der Waals surface area contributed by atoms with E-state index in [0.29, 0.717) is 0 Å². The Balaban J connectivity index is 2.60. The van der Waals surface area contributed by atoms with Gasteiger partial charge in [-0.1, -0.05) is 12.1 Å². The van der Waals surface area contributed by atoms with Crippen molar-refractivity contribution in [2.75, 3.05) is 7.05 Å². The van der Waals surface area contributed by atoms with Gasteiger partial charge in [-0.25, -0.2) is 0 Å². The highest BCUT2D eigenvalue weighted by molar-refractivity contribution is 5.81. The van der Waals surface area contributed by atoms with E-state index < -0.39 is 0 Å². The van der Waals surface area contributed by atoms with E-state index in [2.05, 4.69) is 39.4 Å². The molecular formula is C12H14N3+. The van der Waals surface area contributed by atoms with Crippen molar-refractivity contribution in [3.05, 3.63) is 42.1 Å². The first kappa shape index (κ1) is 9.65. The Bertz CT molecular complexity index is 503. The first-order valence-corrected chi connectivity index (χ1v) is 4.90. The van der Waals surface area contributed by atoms with Crippen LogP contribution in [0.15, 0.2) is 41.5 Å². The van der Waals surface area contributed by atoms with E-state index in [1.807, 2.05) is 25.4 Å². The maximum atomic E-state index is 4.01. The normalized spacial score (nSPS) is 11.1. The Morgan fingerprint density at radius 1 is 1.20 bits per heavy atom. The van der Waals surface area contributed by atoms with Crippen LogP contribution < -0.4 is 9.99 Å². The average molecular weight is 200 g/mol. The number of nitrogens with zero attached hydrogens (tertiary/aromatic N) is 2. The van der Waals surface area contributed by atoms with Crippen LogP contribution >= 0.6 is 0 Å². The van der Waals surface area contributed by atoms with Crippen LogP contribution in [0.25, 0.3) is 10.9 Å². The molecule has 0 spiro atoms. The van der Waals surface area contributed by atoms with Crippen LogP contribution in [0, 0.1) is 0 Å². The quantitative estimate of drug-likeness (QED) is 0.440. The Hall–Kier alpha value is -1.90. The summed E-state index contributed by atoms with van der Waals surface area (Å²) in [6, 6.07) is 12.5. The molecule has 1 N–H and O–H groups in total. The first-order valence-electron chi connectivity index (χ1n) is 4.90. The van der Waals surface area contributed by atoms with E-state index in [0.717, 1.165) is 5.69 Å². The van der Waals surface area contributed by atoms with Gasteiger partial charge >= 0.3 is 0 Å². The van der Waals surface area contributed by atoms with Gasteiger partial charge in [0.1, 0.15) is 13.3 Å². The molecule has 0 radical (unpaired) electrons. The standard InChI is InChI=1S/C12H13N3/c1-13-14-9-11-8-7-10-5-3-4-6-12(10)15(11)2/h3-9H,1-2H3/p+1. The van der Waals surface area contributed by atoms with Gasteiger partial charge < -0.3 is 5.43 Å². The minimum absolute atomic E-state index is 1.07. The number of aromatic nitrogens is 1. The molecule has 2 aromatic rings. The van der Waals surface area contributed by atoms with Gasteiger partial charge in [0, 0.05) is 24.6 Å². The number of hydrogen-bond donors (Lipinski definition) is 1. The summed E-state index contributed by atoms with van der Waals surface area (Å²) in [5.41, 5.74) is 5.03. The molecule has 15 heavy (non-hydrogen) atoms. The summed E-state index contributed by atoms with van der Waals surface area (Å²) < 4.78 is 2.12. The van der Waals surface area contributed by atoms with Gasteiger partial charge in [0.25, 0.3) is 0 Å². The fraction of sp³-hybridized carbons (Fsp3) is 0.167. The van der Waals surface area contributed by atoms with E-state index in [1.165, 1.54) is 10.9 Å². The molecule has 0 amide bonds. The van der Waals surface area contributed by atoms with Crippen LogP contribution in [0.2, 0.25) is 0 Å². The molecule has 0 unspecified atom stereocenters. The number of nitrogens with one attached hydrogen (secondary N) is 1. The molecule has 1 heterocycles. The van der Waals surface area contributed by atoms with Crippen molar-refractivity contribution in [1.82, 2.24) is 5.43 Å². The monoisotopic (exact) mass is 200 g/mol. The lowest BCUT2D eigenvalue weighted by molar-refractivity contribution is -0.645. The van der Waals surface area contributed by atoms with E-state index in [9.17, 15) is 0 Å². The Kier molecular flexibility index (Phi) is 2.63. The van der Waals surface area contributed by atoms with Gasteiger partial charge in [-0.05, 0) is 12.1 Å². The van der Waals surface area contributed by atoms with Crippen molar-refractivity contribution in [2.45, 2.75) is 0 Å². The number of aryl methyl sites for hydroxylation is 1. The largest absolute Gasteiger partial charge is 0.313 e. The smallest absolute Gasteiger partial charge is 0.225 e. The molecule has 0 atom stereocenters. The van der Waals surface area contributed by atoms with Crippen LogP contribution in [0.3, 0.4) is 0 Å². The Morgan fingerprint density at radius 2 is 2.00 bits per heavy atom. The third-order valence-electron chi connectivity index (χ3n) is 2.44. The number of benzene rings is 1. The zero-order valence-electron chi connectivity index (χ0n) is 8.94. The van der Waals surface area contributed by atoms with Crippen molar-refractivity contribution < 1.29 is 4.57 Å². The summed E-state index contributed by atoms with van der Waals surface area (Å²) in [4.78, 5) is 0. The van der Waals surface area contributed by atoms with Gasteiger partial charge in [-0.3, -0.25) is 0 Å². The molecule has 3 heteroatoms. The number of hydrazone groups is 1. The van der Waals surface area contributed by atoms with Crippen molar-refractivity contribution in [3.63, 3.8) is 0 Å². The summed E-state index contributed by atoms with van der Waals surface area (Å²) in [5.74, 6) is 0. The lowest BCUT2D eigenvalue weighted by atomic mass is 10.2. The van der Waals surface area contributed by atoms with Gasteiger partial charge in [0.15, 0.2) is 0 Å². The Labute approximate surface area is 89.1 Å². The van der Waals surface area contributed by atoms with Crippen LogP contribution in [0.1, 0.15) is 5.69 Å². The molecule has 0 saturated heterocycles. The van der Waals surface area contributed by atoms with Crippen LogP contribution in [0.5, 0.6) is 0 Å². The zero-order valence-corrected chi connectivity index (χ0v) is 8.94. The van der Waals surface area contributed by atoms with Gasteiger partial charge in [-0.2, -0.15) is 9.67 Å². The number of pyridine rings is 1.